The van der Waals surface area contributed by atoms with Crippen LogP contribution in [0.25, 0.3) is 10.1 Å². The Morgan fingerprint density at radius 2 is 1.79 bits per heavy atom. The van der Waals surface area contributed by atoms with Crippen LogP contribution in [0.4, 0.5) is 0 Å². The van der Waals surface area contributed by atoms with Gasteiger partial charge in [-0.3, -0.25) is 4.79 Å². The summed E-state index contributed by atoms with van der Waals surface area (Å²) >= 11 is 1.80. The summed E-state index contributed by atoms with van der Waals surface area (Å²) in [6.07, 6.45) is 0.828. The van der Waals surface area contributed by atoms with E-state index in [1.165, 1.54) is 15.0 Å². The van der Waals surface area contributed by atoms with Crippen LogP contribution in [0.3, 0.4) is 0 Å². The third-order valence-electron chi connectivity index (χ3n) is 3.24. The van der Waals surface area contributed by atoms with E-state index in [-0.39, 0.29) is 5.78 Å². The summed E-state index contributed by atoms with van der Waals surface area (Å²) in [5, 5.41) is 1.28. The van der Waals surface area contributed by atoms with Crippen LogP contribution in [0.2, 0.25) is 0 Å². The quantitative estimate of drug-likeness (QED) is 0.628. The molecule has 2 heteroatoms. The number of ketones is 1. The molecule has 94 valence electrons. The lowest BCUT2D eigenvalue weighted by atomic mass is 10.0. The van der Waals surface area contributed by atoms with E-state index in [2.05, 4.69) is 30.3 Å². The summed E-state index contributed by atoms with van der Waals surface area (Å²) in [7, 11) is 0. The molecule has 0 saturated carbocycles. The van der Waals surface area contributed by atoms with Gasteiger partial charge in [-0.15, -0.1) is 11.3 Å². The maximum Gasteiger partial charge on any atom is 0.160 e. The van der Waals surface area contributed by atoms with Crippen LogP contribution in [0.5, 0.6) is 0 Å². The normalized spacial score (nSPS) is 10.8. The second kappa shape index (κ2) is 4.98. The highest BCUT2D eigenvalue weighted by atomic mass is 32.1. The van der Waals surface area contributed by atoms with Crippen molar-refractivity contribution >= 4 is 27.2 Å². The van der Waals surface area contributed by atoms with Gasteiger partial charge in [0.05, 0.1) is 0 Å². The van der Waals surface area contributed by atoms with Crippen molar-refractivity contribution in [3.63, 3.8) is 0 Å². The van der Waals surface area contributed by atoms with E-state index in [1.54, 1.807) is 18.3 Å². The van der Waals surface area contributed by atoms with Gasteiger partial charge >= 0.3 is 0 Å². The van der Waals surface area contributed by atoms with Gasteiger partial charge in [-0.2, -0.15) is 0 Å². The average molecular weight is 266 g/mol. The zero-order valence-corrected chi connectivity index (χ0v) is 11.5. The number of fused-ring (bicyclic) bond motifs is 1. The molecule has 1 heterocycles. The van der Waals surface area contributed by atoms with Gasteiger partial charge in [0.2, 0.25) is 0 Å². The second-order valence-corrected chi connectivity index (χ2v) is 5.81. The first kappa shape index (κ1) is 12.1. The molecule has 2 aromatic carbocycles. The number of benzene rings is 2. The van der Waals surface area contributed by atoms with Crippen LogP contribution in [0.1, 0.15) is 27.7 Å². The topological polar surface area (TPSA) is 17.1 Å². The molecule has 0 spiro atoms. The molecule has 3 rings (SSSR count). The van der Waals surface area contributed by atoms with Crippen molar-refractivity contribution < 1.29 is 4.79 Å². The highest BCUT2D eigenvalue weighted by Gasteiger charge is 2.08. The summed E-state index contributed by atoms with van der Waals surface area (Å²) < 4.78 is 1.30. The van der Waals surface area contributed by atoms with E-state index in [9.17, 15) is 4.79 Å². The minimum absolute atomic E-state index is 0.136. The van der Waals surface area contributed by atoms with Crippen molar-refractivity contribution in [2.45, 2.75) is 13.3 Å². The molecule has 0 aliphatic heterocycles. The minimum Gasteiger partial charge on any atom is -0.295 e. The summed E-state index contributed by atoms with van der Waals surface area (Å²) in [5.41, 5.74) is 1.95. The van der Waals surface area contributed by atoms with Crippen molar-refractivity contribution in [2.24, 2.45) is 0 Å². The van der Waals surface area contributed by atoms with Crippen molar-refractivity contribution in [2.75, 3.05) is 0 Å². The third kappa shape index (κ3) is 2.45. The summed E-state index contributed by atoms with van der Waals surface area (Å²) in [4.78, 5) is 12.9. The standard InChI is InChI=1S/C17H14OS/c1-12(18)16-8-4-2-6-13(16)10-15-11-14-7-3-5-9-17(14)19-15/h2-9,11H,10H2,1H3. The monoisotopic (exact) mass is 266 g/mol. The van der Waals surface area contributed by atoms with E-state index < -0.39 is 0 Å². The maximum absolute atomic E-state index is 11.6. The van der Waals surface area contributed by atoms with Gasteiger partial charge in [0.1, 0.15) is 0 Å². The van der Waals surface area contributed by atoms with Gasteiger partial charge in [-0.25, -0.2) is 0 Å². The molecule has 0 unspecified atom stereocenters. The van der Waals surface area contributed by atoms with E-state index in [0.29, 0.717) is 0 Å². The Balaban J connectivity index is 1.99. The summed E-state index contributed by atoms with van der Waals surface area (Å²) in [5.74, 6) is 0.136. The van der Waals surface area contributed by atoms with Gasteiger partial charge in [0.15, 0.2) is 5.78 Å². The van der Waals surface area contributed by atoms with E-state index in [4.69, 9.17) is 0 Å². The van der Waals surface area contributed by atoms with Crippen LogP contribution < -0.4 is 0 Å². The third-order valence-corrected chi connectivity index (χ3v) is 4.35. The summed E-state index contributed by atoms with van der Waals surface area (Å²) in [6.45, 7) is 1.63. The number of hydrogen-bond acceptors (Lipinski definition) is 2. The second-order valence-electron chi connectivity index (χ2n) is 4.64. The Labute approximate surface area is 116 Å². The Kier molecular flexibility index (Phi) is 3.18. The van der Waals surface area contributed by atoms with Crippen LogP contribution in [-0.2, 0) is 6.42 Å². The van der Waals surface area contributed by atoms with Gasteiger partial charge < -0.3 is 0 Å². The first-order valence-corrected chi connectivity index (χ1v) is 7.12. The lowest BCUT2D eigenvalue weighted by Gasteiger charge is -2.04. The summed E-state index contributed by atoms with van der Waals surface area (Å²) in [6, 6.07) is 18.5. The molecule has 0 bridgehead atoms. The Morgan fingerprint density at radius 3 is 2.58 bits per heavy atom. The number of Topliss-reactive ketones (excluding diaryl/α,β-unsaturated/α-hetero) is 1. The fourth-order valence-electron chi connectivity index (χ4n) is 2.33. The molecule has 0 aliphatic rings. The van der Waals surface area contributed by atoms with Crippen molar-refractivity contribution in [1.29, 1.82) is 0 Å². The molecular weight excluding hydrogens is 252 g/mol. The highest BCUT2D eigenvalue weighted by molar-refractivity contribution is 7.19. The molecule has 0 amide bonds. The molecule has 0 N–H and O–H groups in total. The average Bonchev–Trinajstić information content (AvgIpc) is 2.81. The van der Waals surface area contributed by atoms with Crippen LogP contribution in [-0.4, -0.2) is 5.78 Å². The van der Waals surface area contributed by atoms with Gasteiger partial charge in [-0.05, 0) is 30.0 Å². The molecule has 0 saturated heterocycles. The molecule has 1 aromatic heterocycles. The largest absolute Gasteiger partial charge is 0.295 e. The Morgan fingerprint density at radius 1 is 1.05 bits per heavy atom. The van der Waals surface area contributed by atoms with Crippen molar-refractivity contribution in [3.05, 3.63) is 70.6 Å². The molecule has 0 aliphatic carbocycles. The number of carbonyl (C=O) groups is 1. The zero-order chi connectivity index (χ0) is 13.2. The van der Waals surface area contributed by atoms with Gasteiger partial charge in [0, 0.05) is 21.6 Å². The first-order chi connectivity index (χ1) is 9.24. The van der Waals surface area contributed by atoms with Crippen LogP contribution >= 0.6 is 11.3 Å². The van der Waals surface area contributed by atoms with E-state index >= 15 is 0 Å². The molecule has 3 aromatic rings. The van der Waals surface area contributed by atoms with Crippen molar-refractivity contribution in [1.82, 2.24) is 0 Å². The predicted octanol–water partition coefficient (Wildman–Crippen LogP) is 4.69. The number of carbonyl (C=O) groups excluding carboxylic acids is 1. The maximum atomic E-state index is 11.6. The van der Waals surface area contributed by atoms with Crippen LogP contribution in [0, 0.1) is 0 Å². The lowest BCUT2D eigenvalue weighted by Crippen LogP contribution is -1.99. The fraction of sp³-hybridized carbons (Fsp3) is 0.118. The minimum atomic E-state index is 0.136. The fourth-order valence-corrected chi connectivity index (χ4v) is 3.42. The predicted molar refractivity (Wildman–Crippen MR) is 81.1 cm³/mol. The molecule has 1 nitrogen and oxygen atoms in total. The van der Waals surface area contributed by atoms with Gasteiger partial charge in [-0.1, -0.05) is 42.5 Å². The number of thiophene rings is 1. The molecule has 0 atom stereocenters. The van der Waals surface area contributed by atoms with E-state index in [0.717, 1.165) is 17.5 Å². The smallest absolute Gasteiger partial charge is 0.160 e. The lowest BCUT2D eigenvalue weighted by molar-refractivity contribution is 0.101. The molecule has 19 heavy (non-hydrogen) atoms. The van der Waals surface area contributed by atoms with Crippen molar-refractivity contribution in [3.8, 4) is 0 Å². The van der Waals surface area contributed by atoms with Gasteiger partial charge in [0.25, 0.3) is 0 Å². The van der Waals surface area contributed by atoms with E-state index in [1.807, 2.05) is 24.3 Å². The Hall–Kier alpha value is -1.93. The number of hydrogen-bond donors (Lipinski definition) is 0. The zero-order valence-electron chi connectivity index (χ0n) is 10.7. The Bertz CT molecular complexity index is 707. The molecule has 0 radical (unpaired) electrons. The molecular formula is C17H14OS. The first-order valence-electron chi connectivity index (χ1n) is 6.30. The SMILES string of the molecule is CC(=O)c1ccccc1Cc1cc2ccccc2s1. The number of rotatable bonds is 3. The van der Waals surface area contributed by atoms with Crippen LogP contribution in [0.15, 0.2) is 54.6 Å². The highest BCUT2D eigenvalue weighted by Crippen LogP contribution is 2.27. The molecule has 0 fully saturated rings.